The molecule has 1 saturated heterocycles. The quantitative estimate of drug-likeness (QED) is 0.474. The maximum absolute atomic E-state index is 14.7. The summed E-state index contributed by atoms with van der Waals surface area (Å²) in [5.74, 6) is 1.19. The first-order valence-electron chi connectivity index (χ1n) is 12.6. The van der Waals surface area contributed by atoms with E-state index in [1.807, 2.05) is 0 Å². The number of hydrogen-bond donors (Lipinski definition) is 2. The molecular formula is C25H34FN5O5. The van der Waals surface area contributed by atoms with Crippen molar-refractivity contribution >= 4 is 12.0 Å². The number of hydrogen-bond acceptors (Lipinski definition) is 7. The lowest BCUT2D eigenvalue weighted by Gasteiger charge is -2.35. The van der Waals surface area contributed by atoms with Crippen molar-refractivity contribution in [2.24, 2.45) is 5.92 Å². The van der Waals surface area contributed by atoms with Crippen molar-refractivity contribution in [2.45, 2.75) is 51.5 Å². The molecule has 10 nitrogen and oxygen atoms in total. The number of piperazine rings is 1. The number of carbonyl (C=O) groups is 2. The van der Waals surface area contributed by atoms with Gasteiger partial charge in [0.2, 0.25) is 17.6 Å². The summed E-state index contributed by atoms with van der Waals surface area (Å²) in [6.45, 7) is 5.30. The maximum atomic E-state index is 14.7. The normalized spacial score (nSPS) is 17.8. The third-order valence-corrected chi connectivity index (χ3v) is 6.87. The average molecular weight is 504 g/mol. The van der Waals surface area contributed by atoms with Crippen molar-refractivity contribution in [3.05, 3.63) is 29.9 Å². The molecule has 0 unspecified atom stereocenters. The van der Waals surface area contributed by atoms with Crippen LogP contribution in [0.25, 0.3) is 11.4 Å². The Kier molecular flexibility index (Phi) is 8.74. The van der Waals surface area contributed by atoms with Crippen LogP contribution in [0.4, 0.5) is 9.18 Å². The molecule has 1 atom stereocenters. The SMILES string of the molecule is C[C@@H](NC(=O)O)C(=O)N1CCN(CCCOc2ccc(-c3noc(CC4CCCC4)n3)c(F)c2)CC1. The number of benzene rings is 1. The average Bonchev–Trinajstić information content (AvgIpc) is 3.54. The predicted molar refractivity (Wildman–Crippen MR) is 129 cm³/mol. The molecule has 2 N–H and O–H groups in total. The Balaban J connectivity index is 1.17. The molecule has 0 radical (unpaired) electrons. The van der Waals surface area contributed by atoms with Gasteiger partial charge < -0.3 is 24.6 Å². The molecule has 4 rings (SSSR count). The third kappa shape index (κ3) is 6.93. The first-order valence-corrected chi connectivity index (χ1v) is 12.6. The predicted octanol–water partition coefficient (Wildman–Crippen LogP) is 3.18. The van der Waals surface area contributed by atoms with E-state index in [0.717, 1.165) is 19.4 Å². The monoisotopic (exact) mass is 503 g/mol. The Morgan fingerprint density at radius 2 is 2.00 bits per heavy atom. The summed E-state index contributed by atoms with van der Waals surface area (Å²) in [5.41, 5.74) is 0.295. The number of rotatable bonds is 10. The first kappa shape index (κ1) is 25.9. The summed E-state index contributed by atoms with van der Waals surface area (Å²) in [5, 5.41) is 14.9. The number of amides is 2. The van der Waals surface area contributed by atoms with Gasteiger partial charge in [0.05, 0.1) is 12.2 Å². The van der Waals surface area contributed by atoms with E-state index in [4.69, 9.17) is 14.4 Å². The minimum atomic E-state index is -1.21. The zero-order valence-electron chi connectivity index (χ0n) is 20.6. The van der Waals surface area contributed by atoms with Crippen LogP contribution in [-0.2, 0) is 11.2 Å². The van der Waals surface area contributed by atoms with Gasteiger partial charge >= 0.3 is 6.09 Å². The molecule has 0 bridgehead atoms. The van der Waals surface area contributed by atoms with Crippen molar-refractivity contribution in [1.29, 1.82) is 0 Å². The molecule has 11 heteroatoms. The third-order valence-electron chi connectivity index (χ3n) is 6.87. The van der Waals surface area contributed by atoms with Crippen molar-refractivity contribution in [3.8, 4) is 17.1 Å². The smallest absolute Gasteiger partial charge is 0.405 e. The van der Waals surface area contributed by atoms with Gasteiger partial charge in [0.25, 0.3) is 0 Å². The van der Waals surface area contributed by atoms with E-state index in [1.54, 1.807) is 24.0 Å². The Morgan fingerprint density at radius 1 is 1.25 bits per heavy atom. The van der Waals surface area contributed by atoms with Gasteiger partial charge in [-0.25, -0.2) is 9.18 Å². The number of nitrogens with one attached hydrogen (secondary N) is 1. The molecule has 1 aliphatic carbocycles. The highest BCUT2D eigenvalue weighted by Crippen LogP contribution is 2.29. The van der Waals surface area contributed by atoms with Crippen LogP contribution < -0.4 is 10.1 Å². The minimum absolute atomic E-state index is 0.211. The van der Waals surface area contributed by atoms with Crippen LogP contribution in [0.5, 0.6) is 5.75 Å². The molecule has 1 saturated carbocycles. The number of aromatic nitrogens is 2. The van der Waals surface area contributed by atoms with Crippen LogP contribution in [0.1, 0.15) is 44.9 Å². The highest BCUT2D eigenvalue weighted by Gasteiger charge is 2.25. The summed E-state index contributed by atoms with van der Waals surface area (Å²) in [6.07, 6.45) is 5.15. The largest absolute Gasteiger partial charge is 0.493 e. The zero-order valence-corrected chi connectivity index (χ0v) is 20.6. The molecule has 2 aromatic rings. The van der Waals surface area contributed by atoms with Crippen LogP contribution >= 0.6 is 0 Å². The number of carbonyl (C=O) groups excluding carboxylic acids is 1. The van der Waals surface area contributed by atoms with Gasteiger partial charge in [-0.3, -0.25) is 9.69 Å². The summed E-state index contributed by atoms with van der Waals surface area (Å²) in [6, 6.07) is 3.92. The molecule has 0 spiro atoms. The number of halogens is 1. The van der Waals surface area contributed by atoms with Crippen LogP contribution in [0.15, 0.2) is 22.7 Å². The second-order valence-electron chi connectivity index (χ2n) is 9.55. The zero-order chi connectivity index (χ0) is 25.5. The molecule has 2 heterocycles. The lowest BCUT2D eigenvalue weighted by atomic mass is 10.0. The summed E-state index contributed by atoms with van der Waals surface area (Å²) < 4.78 is 25.8. The Morgan fingerprint density at radius 3 is 2.69 bits per heavy atom. The molecular weight excluding hydrogens is 469 g/mol. The topological polar surface area (TPSA) is 121 Å². The highest BCUT2D eigenvalue weighted by molar-refractivity contribution is 5.85. The summed E-state index contributed by atoms with van der Waals surface area (Å²) >= 11 is 0. The Bertz CT molecular complexity index is 1030. The van der Waals surface area contributed by atoms with Gasteiger partial charge in [-0.05, 0) is 44.2 Å². The van der Waals surface area contributed by atoms with Gasteiger partial charge in [0, 0.05) is 45.2 Å². The fraction of sp³-hybridized carbons (Fsp3) is 0.600. The van der Waals surface area contributed by atoms with Crippen LogP contribution in [0.3, 0.4) is 0 Å². The second-order valence-corrected chi connectivity index (χ2v) is 9.55. The van der Waals surface area contributed by atoms with Crippen molar-refractivity contribution in [1.82, 2.24) is 25.3 Å². The van der Waals surface area contributed by atoms with E-state index in [9.17, 15) is 14.0 Å². The molecule has 1 aromatic heterocycles. The molecule has 2 aliphatic rings. The Hall–Kier alpha value is -3.21. The lowest BCUT2D eigenvalue weighted by molar-refractivity contribution is -0.134. The van der Waals surface area contributed by atoms with Gasteiger partial charge in [-0.15, -0.1) is 0 Å². The summed E-state index contributed by atoms with van der Waals surface area (Å²) in [7, 11) is 0. The lowest BCUT2D eigenvalue weighted by Crippen LogP contribution is -2.54. The number of nitrogens with zero attached hydrogens (tertiary/aromatic N) is 4. The molecule has 196 valence electrons. The fourth-order valence-electron chi connectivity index (χ4n) is 4.87. The minimum Gasteiger partial charge on any atom is -0.493 e. The van der Waals surface area contributed by atoms with Crippen molar-refractivity contribution in [3.63, 3.8) is 0 Å². The van der Waals surface area contributed by atoms with E-state index >= 15 is 0 Å². The van der Waals surface area contributed by atoms with Gasteiger partial charge in [-0.2, -0.15) is 4.98 Å². The van der Waals surface area contributed by atoms with Gasteiger partial charge in [-0.1, -0.05) is 18.0 Å². The van der Waals surface area contributed by atoms with E-state index in [-0.39, 0.29) is 11.7 Å². The van der Waals surface area contributed by atoms with E-state index in [0.29, 0.717) is 55.9 Å². The van der Waals surface area contributed by atoms with Crippen LogP contribution in [0.2, 0.25) is 0 Å². The van der Waals surface area contributed by atoms with E-state index in [2.05, 4.69) is 20.4 Å². The first-order chi connectivity index (χ1) is 17.4. The molecule has 36 heavy (non-hydrogen) atoms. The molecule has 1 aliphatic heterocycles. The van der Waals surface area contributed by atoms with Crippen LogP contribution in [-0.4, -0.2) is 82.4 Å². The molecule has 2 amide bonds. The highest BCUT2D eigenvalue weighted by atomic mass is 19.1. The van der Waals surface area contributed by atoms with Gasteiger partial charge in [0.15, 0.2) is 0 Å². The van der Waals surface area contributed by atoms with Gasteiger partial charge in [0.1, 0.15) is 17.6 Å². The Labute approximate surface area is 209 Å². The summed E-state index contributed by atoms with van der Waals surface area (Å²) in [4.78, 5) is 31.3. The van der Waals surface area contributed by atoms with Crippen molar-refractivity contribution < 1.29 is 28.3 Å². The standard InChI is InChI=1S/C25H34FN5O5/c1-17(27-25(33)34)24(32)31-12-10-30(11-13-31)9-4-14-35-19-7-8-20(21(26)16-19)23-28-22(36-29-23)15-18-5-2-3-6-18/h7-8,16-18,27H,2-6,9-15H2,1H3,(H,33,34)/t17-/m1/s1. The fourth-order valence-corrected chi connectivity index (χ4v) is 4.87. The van der Waals surface area contributed by atoms with Crippen LogP contribution in [0, 0.1) is 11.7 Å². The number of ether oxygens (including phenoxy) is 1. The van der Waals surface area contributed by atoms with Crippen molar-refractivity contribution in [2.75, 3.05) is 39.3 Å². The molecule has 2 fully saturated rings. The maximum Gasteiger partial charge on any atom is 0.405 e. The van der Waals surface area contributed by atoms with E-state index in [1.165, 1.54) is 31.7 Å². The molecule has 1 aromatic carbocycles. The van der Waals surface area contributed by atoms with E-state index < -0.39 is 18.0 Å². The second kappa shape index (κ2) is 12.2. The number of carboxylic acid groups (broad SMARTS) is 1.